The molecule has 3 heteroatoms. The summed E-state index contributed by atoms with van der Waals surface area (Å²) in [6.45, 7) is 1.65. The minimum Gasteiger partial charge on any atom is -0.491 e. The molecular weight excluding hydrogens is 226 g/mol. The first-order valence-electron chi connectivity index (χ1n) is 6.42. The van der Waals surface area contributed by atoms with Crippen molar-refractivity contribution >= 4 is 0 Å². The minimum absolute atomic E-state index is 0.386. The lowest BCUT2D eigenvalue weighted by Gasteiger charge is -2.25. The largest absolute Gasteiger partial charge is 0.491 e. The Labute approximate surface area is 108 Å². The van der Waals surface area contributed by atoms with Crippen molar-refractivity contribution in [2.24, 2.45) is 5.73 Å². The number of benzene rings is 1. The Balaban J connectivity index is 1.68. The summed E-state index contributed by atoms with van der Waals surface area (Å²) in [5.74, 6) is 6.64. The minimum atomic E-state index is 0.386. The van der Waals surface area contributed by atoms with Gasteiger partial charge in [-0.3, -0.25) is 0 Å². The molecule has 2 rings (SSSR count). The van der Waals surface area contributed by atoms with Gasteiger partial charge in [-0.25, -0.2) is 0 Å². The van der Waals surface area contributed by atoms with Crippen molar-refractivity contribution in [1.29, 1.82) is 0 Å². The van der Waals surface area contributed by atoms with E-state index in [4.69, 9.17) is 15.2 Å². The number of nitrogens with two attached hydrogens (primary N) is 1. The molecule has 1 aliphatic carbocycles. The number of rotatable bonds is 5. The van der Waals surface area contributed by atoms with Crippen LogP contribution in [0.15, 0.2) is 24.3 Å². The van der Waals surface area contributed by atoms with E-state index in [9.17, 15) is 0 Å². The van der Waals surface area contributed by atoms with E-state index < -0.39 is 0 Å². The third-order valence-electron chi connectivity index (χ3n) is 2.95. The summed E-state index contributed by atoms with van der Waals surface area (Å²) >= 11 is 0. The predicted molar refractivity (Wildman–Crippen MR) is 71.5 cm³/mol. The topological polar surface area (TPSA) is 44.5 Å². The Kier molecular flexibility index (Phi) is 5.07. The van der Waals surface area contributed by atoms with Gasteiger partial charge in [0.15, 0.2) is 0 Å². The molecule has 18 heavy (non-hydrogen) atoms. The molecular formula is C15H19NO2. The van der Waals surface area contributed by atoms with Crippen LogP contribution in [0.5, 0.6) is 5.75 Å². The van der Waals surface area contributed by atoms with Crippen molar-refractivity contribution < 1.29 is 9.47 Å². The summed E-state index contributed by atoms with van der Waals surface area (Å²) in [4.78, 5) is 0. The van der Waals surface area contributed by atoms with Gasteiger partial charge in [-0.15, -0.1) is 0 Å². The van der Waals surface area contributed by atoms with Crippen LogP contribution in [-0.2, 0) is 4.74 Å². The second kappa shape index (κ2) is 7.05. The van der Waals surface area contributed by atoms with Crippen LogP contribution in [0, 0.1) is 11.8 Å². The van der Waals surface area contributed by atoms with Gasteiger partial charge in [-0.2, -0.15) is 0 Å². The van der Waals surface area contributed by atoms with Gasteiger partial charge in [0, 0.05) is 5.56 Å². The van der Waals surface area contributed by atoms with Gasteiger partial charge in [0.25, 0.3) is 0 Å². The highest BCUT2D eigenvalue weighted by Gasteiger charge is 2.17. The average Bonchev–Trinajstić information content (AvgIpc) is 2.35. The van der Waals surface area contributed by atoms with Gasteiger partial charge in [0.1, 0.15) is 12.4 Å². The maximum Gasteiger partial charge on any atom is 0.119 e. The smallest absolute Gasteiger partial charge is 0.119 e. The summed E-state index contributed by atoms with van der Waals surface area (Å²) < 4.78 is 11.2. The molecule has 0 unspecified atom stereocenters. The maximum atomic E-state index is 5.62. The van der Waals surface area contributed by atoms with Crippen LogP contribution < -0.4 is 10.5 Å². The Hall–Kier alpha value is -1.50. The zero-order valence-corrected chi connectivity index (χ0v) is 10.5. The lowest BCUT2D eigenvalue weighted by Crippen LogP contribution is -2.23. The van der Waals surface area contributed by atoms with Crippen LogP contribution in [0.4, 0.5) is 0 Å². The molecule has 0 heterocycles. The third kappa shape index (κ3) is 4.06. The van der Waals surface area contributed by atoms with Gasteiger partial charge in [0.05, 0.1) is 19.3 Å². The first-order chi connectivity index (χ1) is 8.88. The molecule has 1 aromatic carbocycles. The van der Waals surface area contributed by atoms with Crippen LogP contribution in [0.3, 0.4) is 0 Å². The van der Waals surface area contributed by atoms with E-state index in [-0.39, 0.29) is 0 Å². The number of hydrogen-bond acceptors (Lipinski definition) is 3. The van der Waals surface area contributed by atoms with Crippen molar-refractivity contribution in [3.63, 3.8) is 0 Å². The SMILES string of the molecule is NCC#Cc1ccc(OCCOC2CCC2)cc1. The van der Waals surface area contributed by atoms with Crippen molar-refractivity contribution in [1.82, 2.24) is 0 Å². The van der Waals surface area contributed by atoms with Crippen LogP contribution in [0.1, 0.15) is 24.8 Å². The number of hydrogen-bond donors (Lipinski definition) is 1. The van der Waals surface area contributed by atoms with Gasteiger partial charge in [0.2, 0.25) is 0 Å². The Morgan fingerprint density at radius 2 is 1.94 bits per heavy atom. The van der Waals surface area contributed by atoms with Crippen molar-refractivity contribution in [3.05, 3.63) is 29.8 Å². The van der Waals surface area contributed by atoms with Crippen LogP contribution in [0.2, 0.25) is 0 Å². The summed E-state index contributed by atoms with van der Waals surface area (Å²) in [6, 6.07) is 7.71. The molecule has 0 atom stereocenters. The first kappa shape index (κ1) is 12.9. The fourth-order valence-electron chi connectivity index (χ4n) is 1.70. The molecule has 1 saturated carbocycles. The molecule has 96 valence electrons. The van der Waals surface area contributed by atoms with Crippen LogP contribution >= 0.6 is 0 Å². The summed E-state index contributed by atoms with van der Waals surface area (Å²) in [5.41, 5.74) is 6.27. The molecule has 1 aromatic rings. The van der Waals surface area contributed by atoms with E-state index in [0.717, 1.165) is 11.3 Å². The second-order valence-electron chi connectivity index (χ2n) is 4.30. The third-order valence-corrected chi connectivity index (χ3v) is 2.95. The maximum absolute atomic E-state index is 5.62. The lowest BCUT2D eigenvalue weighted by atomic mass is 9.96. The highest BCUT2D eigenvalue weighted by molar-refractivity contribution is 5.38. The van der Waals surface area contributed by atoms with Crippen molar-refractivity contribution in [2.75, 3.05) is 19.8 Å². The van der Waals surface area contributed by atoms with Crippen LogP contribution in [-0.4, -0.2) is 25.9 Å². The Bertz CT molecular complexity index is 412. The van der Waals surface area contributed by atoms with Gasteiger partial charge in [-0.05, 0) is 43.5 Å². The summed E-state index contributed by atoms with van der Waals surface area (Å²) in [6.07, 6.45) is 4.18. The predicted octanol–water partition coefficient (Wildman–Crippen LogP) is 1.94. The van der Waals surface area contributed by atoms with Crippen LogP contribution in [0.25, 0.3) is 0 Å². The first-order valence-corrected chi connectivity index (χ1v) is 6.42. The van der Waals surface area contributed by atoms with Gasteiger partial charge in [-0.1, -0.05) is 11.8 Å². The Morgan fingerprint density at radius 3 is 2.56 bits per heavy atom. The average molecular weight is 245 g/mol. The fourth-order valence-corrected chi connectivity index (χ4v) is 1.70. The molecule has 1 fully saturated rings. The van der Waals surface area contributed by atoms with E-state index in [1.54, 1.807) is 0 Å². The van der Waals surface area contributed by atoms with Crippen molar-refractivity contribution in [3.8, 4) is 17.6 Å². The van der Waals surface area contributed by atoms with E-state index in [1.165, 1.54) is 19.3 Å². The summed E-state index contributed by atoms with van der Waals surface area (Å²) in [5, 5.41) is 0. The van der Waals surface area contributed by atoms with E-state index in [0.29, 0.717) is 25.9 Å². The van der Waals surface area contributed by atoms with E-state index in [1.807, 2.05) is 24.3 Å². The van der Waals surface area contributed by atoms with Gasteiger partial charge >= 0.3 is 0 Å². The molecule has 2 N–H and O–H groups in total. The van der Waals surface area contributed by atoms with E-state index in [2.05, 4.69) is 11.8 Å². The molecule has 0 radical (unpaired) electrons. The van der Waals surface area contributed by atoms with E-state index >= 15 is 0 Å². The van der Waals surface area contributed by atoms with Gasteiger partial charge < -0.3 is 15.2 Å². The quantitative estimate of drug-likeness (QED) is 0.637. The zero-order chi connectivity index (χ0) is 12.6. The highest BCUT2D eigenvalue weighted by atomic mass is 16.5. The fraction of sp³-hybridized carbons (Fsp3) is 0.467. The molecule has 0 saturated heterocycles. The molecule has 0 spiro atoms. The Morgan fingerprint density at radius 1 is 1.17 bits per heavy atom. The second-order valence-corrected chi connectivity index (χ2v) is 4.30. The highest BCUT2D eigenvalue weighted by Crippen LogP contribution is 2.21. The normalized spacial score (nSPS) is 14.5. The lowest BCUT2D eigenvalue weighted by molar-refractivity contribution is -0.0103. The molecule has 0 amide bonds. The molecule has 0 aliphatic heterocycles. The number of ether oxygens (including phenoxy) is 2. The standard InChI is InChI=1S/C15H19NO2/c16-10-2-3-13-6-8-15(9-7-13)18-12-11-17-14-4-1-5-14/h6-9,14H,1,4-5,10-12,16H2. The molecule has 1 aliphatic rings. The molecule has 3 nitrogen and oxygen atoms in total. The molecule has 0 aromatic heterocycles. The monoisotopic (exact) mass is 245 g/mol. The summed E-state index contributed by atoms with van der Waals surface area (Å²) in [7, 11) is 0. The zero-order valence-electron chi connectivity index (χ0n) is 10.5. The molecule has 0 bridgehead atoms. The van der Waals surface area contributed by atoms with Crippen molar-refractivity contribution in [2.45, 2.75) is 25.4 Å².